The lowest BCUT2D eigenvalue weighted by Gasteiger charge is -2.04. The number of nitrogens with two attached hydrogens (primary N) is 1. The van der Waals surface area contributed by atoms with Gasteiger partial charge in [0.1, 0.15) is 6.61 Å². The summed E-state index contributed by atoms with van der Waals surface area (Å²) in [5.74, 6) is -1.67. The first-order valence-electron chi connectivity index (χ1n) is 4.68. The molecule has 0 aliphatic carbocycles. The first-order valence-corrected chi connectivity index (χ1v) is 4.68. The monoisotopic (exact) mass is 220 g/mol. The van der Waals surface area contributed by atoms with E-state index in [4.69, 9.17) is 15.9 Å². The summed E-state index contributed by atoms with van der Waals surface area (Å²) in [5, 5.41) is 7.16. The third-order valence-electron chi connectivity index (χ3n) is 1.88. The molecule has 0 fully saturated rings. The van der Waals surface area contributed by atoms with Crippen molar-refractivity contribution in [1.82, 2.24) is 0 Å². The molecule has 84 valence electrons. The number of benzene rings is 1. The zero-order valence-corrected chi connectivity index (χ0v) is 8.60. The van der Waals surface area contributed by atoms with Crippen LogP contribution in [0.4, 0.5) is 0 Å². The summed E-state index contributed by atoms with van der Waals surface area (Å²) in [6.45, 7) is -0.320. The summed E-state index contributed by atoms with van der Waals surface area (Å²) in [7, 11) is 0. The van der Waals surface area contributed by atoms with Gasteiger partial charge < -0.3 is 10.5 Å². The van der Waals surface area contributed by atoms with Gasteiger partial charge in [-0.15, -0.1) is 0 Å². The maximum absolute atomic E-state index is 11.2. The number of rotatable bonds is 5. The molecule has 0 saturated carbocycles. The average molecular weight is 220 g/mol. The molecule has 16 heavy (non-hydrogen) atoms. The lowest BCUT2D eigenvalue weighted by atomic mass is 10.2. The Morgan fingerprint density at radius 3 is 2.44 bits per heavy atom. The van der Waals surface area contributed by atoms with Gasteiger partial charge in [0, 0.05) is 0 Å². The van der Waals surface area contributed by atoms with Crippen LogP contribution in [0.2, 0.25) is 0 Å². The van der Waals surface area contributed by atoms with Crippen LogP contribution >= 0.6 is 0 Å². The number of hydrogen-bond acceptors (Lipinski definition) is 5. The fourth-order valence-corrected chi connectivity index (χ4v) is 1.01. The van der Waals surface area contributed by atoms with Crippen molar-refractivity contribution in [3.05, 3.63) is 35.9 Å². The molecular formula is C11H12N2O3. The maximum atomic E-state index is 11.2. The maximum Gasteiger partial charge on any atom is 0.360 e. The van der Waals surface area contributed by atoms with Gasteiger partial charge in [-0.2, -0.15) is 0 Å². The molecule has 5 nitrogen and oxygen atoms in total. The Kier molecular flexibility index (Phi) is 4.35. The Labute approximate surface area is 92.7 Å². The van der Waals surface area contributed by atoms with Crippen molar-refractivity contribution >= 4 is 17.5 Å². The molecule has 0 spiro atoms. The second kappa shape index (κ2) is 5.77. The zero-order chi connectivity index (χ0) is 12.0. The minimum atomic E-state index is -0.945. The van der Waals surface area contributed by atoms with Gasteiger partial charge in [0.15, 0.2) is 5.71 Å². The van der Waals surface area contributed by atoms with Crippen molar-refractivity contribution in [3.8, 4) is 0 Å². The van der Waals surface area contributed by atoms with Crippen molar-refractivity contribution in [3.63, 3.8) is 0 Å². The predicted molar refractivity (Wildman–Crippen MR) is 58.0 cm³/mol. The third kappa shape index (κ3) is 3.29. The summed E-state index contributed by atoms with van der Waals surface area (Å²) in [4.78, 5) is 22.1. The van der Waals surface area contributed by atoms with Gasteiger partial charge in [0.25, 0.3) is 0 Å². The van der Waals surface area contributed by atoms with Crippen LogP contribution in [0.15, 0.2) is 30.3 Å². The van der Waals surface area contributed by atoms with Crippen molar-refractivity contribution in [2.45, 2.75) is 6.61 Å². The van der Waals surface area contributed by atoms with Crippen LogP contribution in [0.1, 0.15) is 5.56 Å². The first kappa shape index (κ1) is 12.1. The highest BCUT2D eigenvalue weighted by Gasteiger charge is 2.17. The molecule has 0 bridgehead atoms. The molecule has 0 saturated heterocycles. The van der Waals surface area contributed by atoms with Gasteiger partial charge in [-0.1, -0.05) is 30.3 Å². The second-order valence-electron chi connectivity index (χ2n) is 3.06. The van der Waals surface area contributed by atoms with Gasteiger partial charge in [-0.05, 0) is 5.56 Å². The number of Topliss-reactive ketones (excluding diaryl/α,β-unsaturated/α-hetero) is 1. The molecule has 0 atom stereocenters. The minimum absolute atomic E-state index is 0.0416. The van der Waals surface area contributed by atoms with Gasteiger partial charge in [0.05, 0.1) is 6.54 Å². The van der Waals surface area contributed by atoms with Crippen LogP contribution in [0.3, 0.4) is 0 Å². The number of carbonyl (C=O) groups excluding carboxylic acids is 2. The molecule has 0 radical (unpaired) electrons. The summed E-state index contributed by atoms with van der Waals surface area (Å²) < 4.78 is 4.77. The van der Waals surface area contributed by atoms with E-state index in [1.54, 1.807) is 24.3 Å². The Balaban J connectivity index is 2.48. The van der Waals surface area contributed by atoms with Gasteiger partial charge in [0.2, 0.25) is 5.78 Å². The van der Waals surface area contributed by atoms with Crippen molar-refractivity contribution < 1.29 is 14.3 Å². The fourth-order valence-electron chi connectivity index (χ4n) is 1.01. The highest BCUT2D eigenvalue weighted by atomic mass is 16.5. The summed E-state index contributed by atoms with van der Waals surface area (Å²) >= 11 is 0. The number of carbonyl (C=O) groups is 2. The Bertz CT molecular complexity index is 401. The quantitative estimate of drug-likeness (QED) is 0.423. The van der Waals surface area contributed by atoms with Gasteiger partial charge in [-0.25, -0.2) is 4.79 Å². The van der Waals surface area contributed by atoms with Crippen LogP contribution in [0.25, 0.3) is 0 Å². The first-order chi connectivity index (χ1) is 7.65. The SMILES string of the molecule is N=C(C(=O)CN)C(=O)OCc1ccccc1. The molecule has 0 aliphatic heterocycles. The van der Waals surface area contributed by atoms with Crippen LogP contribution < -0.4 is 5.73 Å². The van der Waals surface area contributed by atoms with Gasteiger partial charge >= 0.3 is 5.97 Å². The molecule has 5 heteroatoms. The van der Waals surface area contributed by atoms with E-state index in [0.717, 1.165) is 5.56 Å². The smallest absolute Gasteiger partial charge is 0.360 e. The minimum Gasteiger partial charge on any atom is -0.456 e. The highest BCUT2D eigenvalue weighted by Crippen LogP contribution is 2.00. The molecule has 0 amide bonds. The molecule has 0 aliphatic rings. The van der Waals surface area contributed by atoms with E-state index >= 15 is 0 Å². The number of ether oxygens (including phenoxy) is 1. The largest absolute Gasteiger partial charge is 0.456 e. The summed E-state index contributed by atoms with van der Waals surface area (Å²) in [5.41, 5.74) is 5.11. The Morgan fingerprint density at radius 2 is 1.88 bits per heavy atom. The molecule has 1 aromatic carbocycles. The Hall–Kier alpha value is -2.01. The molecule has 0 heterocycles. The van der Waals surface area contributed by atoms with E-state index in [1.165, 1.54) is 0 Å². The van der Waals surface area contributed by atoms with Crippen molar-refractivity contribution in [2.24, 2.45) is 5.73 Å². The molecule has 0 aromatic heterocycles. The van der Waals surface area contributed by atoms with Gasteiger partial charge in [-0.3, -0.25) is 10.2 Å². The second-order valence-corrected chi connectivity index (χ2v) is 3.06. The predicted octanol–water partition coefficient (Wildman–Crippen LogP) is 0.277. The van der Waals surface area contributed by atoms with E-state index in [2.05, 4.69) is 0 Å². The van der Waals surface area contributed by atoms with Crippen LogP contribution in [0, 0.1) is 5.41 Å². The number of nitrogens with one attached hydrogen (secondary N) is 1. The lowest BCUT2D eigenvalue weighted by molar-refractivity contribution is -0.137. The lowest BCUT2D eigenvalue weighted by Crippen LogP contribution is -2.30. The molecule has 1 rings (SSSR count). The van der Waals surface area contributed by atoms with Crippen LogP contribution in [-0.2, 0) is 20.9 Å². The summed E-state index contributed by atoms with van der Waals surface area (Å²) in [6.07, 6.45) is 0. The normalized spacial score (nSPS) is 9.56. The Morgan fingerprint density at radius 1 is 1.25 bits per heavy atom. The topological polar surface area (TPSA) is 93.2 Å². The van der Waals surface area contributed by atoms with E-state index < -0.39 is 17.5 Å². The average Bonchev–Trinajstić information content (AvgIpc) is 2.35. The third-order valence-corrected chi connectivity index (χ3v) is 1.88. The number of esters is 1. The van der Waals surface area contributed by atoms with Crippen LogP contribution in [-0.4, -0.2) is 24.0 Å². The number of hydrogen-bond donors (Lipinski definition) is 2. The molecular weight excluding hydrogens is 208 g/mol. The summed E-state index contributed by atoms with van der Waals surface area (Å²) in [6, 6.07) is 9.01. The molecule has 1 aromatic rings. The van der Waals surface area contributed by atoms with E-state index in [1.807, 2.05) is 6.07 Å². The van der Waals surface area contributed by atoms with E-state index in [-0.39, 0.29) is 13.2 Å². The number of ketones is 1. The molecule has 0 unspecified atom stereocenters. The van der Waals surface area contributed by atoms with Crippen molar-refractivity contribution in [1.29, 1.82) is 5.41 Å². The molecule has 3 N–H and O–H groups in total. The van der Waals surface area contributed by atoms with E-state index in [0.29, 0.717) is 0 Å². The standard InChI is InChI=1S/C11H12N2O3/c12-6-9(14)10(13)11(15)16-7-8-4-2-1-3-5-8/h1-5,13H,6-7,12H2. The highest BCUT2D eigenvalue weighted by molar-refractivity contribution is 6.63. The zero-order valence-electron chi connectivity index (χ0n) is 8.60. The van der Waals surface area contributed by atoms with E-state index in [9.17, 15) is 9.59 Å². The fraction of sp³-hybridized carbons (Fsp3) is 0.182. The van der Waals surface area contributed by atoms with Crippen LogP contribution in [0.5, 0.6) is 0 Å². The van der Waals surface area contributed by atoms with Crippen molar-refractivity contribution in [2.75, 3.05) is 6.54 Å².